The smallest absolute Gasteiger partial charge is 0.416 e. The summed E-state index contributed by atoms with van der Waals surface area (Å²) < 4.78 is 48.6. The van der Waals surface area contributed by atoms with E-state index in [2.05, 4.69) is 10.6 Å². The summed E-state index contributed by atoms with van der Waals surface area (Å²) in [6, 6.07) is 8.76. The maximum Gasteiger partial charge on any atom is 0.416 e. The van der Waals surface area contributed by atoms with Crippen LogP contribution in [-0.2, 0) is 11.0 Å². The van der Waals surface area contributed by atoms with Crippen molar-refractivity contribution in [2.24, 2.45) is 0 Å². The number of nitrogens with one attached hydrogen (secondary N) is 2. The molecule has 0 fully saturated rings. The zero-order valence-corrected chi connectivity index (χ0v) is 15.5. The Kier molecular flexibility index (Phi) is 5.95. The number of carbonyl (C=O) groups excluding carboxylic acids is 2. The van der Waals surface area contributed by atoms with Gasteiger partial charge in [-0.3, -0.25) is 9.59 Å². The van der Waals surface area contributed by atoms with Gasteiger partial charge in [-0.05, 0) is 48.9 Å². The third kappa shape index (κ3) is 5.18. The van der Waals surface area contributed by atoms with Crippen molar-refractivity contribution in [3.63, 3.8) is 0 Å². The molecule has 1 heterocycles. The van der Waals surface area contributed by atoms with Gasteiger partial charge in [-0.25, -0.2) is 0 Å². The van der Waals surface area contributed by atoms with E-state index in [1.54, 1.807) is 25.1 Å². The van der Waals surface area contributed by atoms with Crippen LogP contribution in [0.2, 0.25) is 0 Å². The molecule has 0 radical (unpaired) electrons. The minimum absolute atomic E-state index is 0.0330. The van der Waals surface area contributed by atoms with Crippen LogP contribution in [-0.4, -0.2) is 31.6 Å². The molecule has 3 rings (SSSR count). The predicted molar refractivity (Wildman–Crippen MR) is 97.8 cm³/mol. The Morgan fingerprint density at radius 3 is 2.34 bits per heavy atom. The van der Waals surface area contributed by atoms with Crippen molar-refractivity contribution in [2.75, 3.05) is 19.8 Å². The number of rotatable bonds is 5. The van der Waals surface area contributed by atoms with E-state index in [1.165, 1.54) is 0 Å². The van der Waals surface area contributed by atoms with Gasteiger partial charge in [0.25, 0.3) is 5.91 Å². The van der Waals surface area contributed by atoms with E-state index in [-0.39, 0.29) is 18.2 Å². The fourth-order valence-electron chi connectivity index (χ4n) is 2.78. The molecule has 2 amide bonds. The van der Waals surface area contributed by atoms with Gasteiger partial charge >= 0.3 is 6.18 Å². The number of hydrogen-bond acceptors (Lipinski definition) is 4. The first-order chi connectivity index (χ1) is 13.7. The molecule has 2 N–H and O–H groups in total. The van der Waals surface area contributed by atoms with Gasteiger partial charge in [-0.15, -0.1) is 0 Å². The highest BCUT2D eigenvalue weighted by Crippen LogP contribution is 2.32. The summed E-state index contributed by atoms with van der Waals surface area (Å²) in [5, 5.41) is 5.13. The van der Waals surface area contributed by atoms with Gasteiger partial charge in [-0.2, -0.15) is 13.2 Å². The Hall–Kier alpha value is -3.23. The van der Waals surface area contributed by atoms with E-state index >= 15 is 0 Å². The molecule has 0 aliphatic carbocycles. The van der Waals surface area contributed by atoms with E-state index in [0.29, 0.717) is 24.7 Å². The van der Waals surface area contributed by atoms with Gasteiger partial charge in [0.2, 0.25) is 5.91 Å². The van der Waals surface area contributed by atoms with Crippen molar-refractivity contribution < 1.29 is 32.2 Å². The lowest BCUT2D eigenvalue weighted by Gasteiger charge is -2.21. The molecule has 0 saturated carbocycles. The Labute approximate surface area is 165 Å². The van der Waals surface area contributed by atoms with Gasteiger partial charge in [0.15, 0.2) is 11.5 Å². The summed E-state index contributed by atoms with van der Waals surface area (Å²) in [6.07, 6.45) is -4.47. The molecule has 0 unspecified atom stereocenters. The highest BCUT2D eigenvalue weighted by Gasteiger charge is 2.30. The largest absolute Gasteiger partial charge is 0.486 e. The summed E-state index contributed by atoms with van der Waals surface area (Å²) in [7, 11) is 0. The quantitative estimate of drug-likeness (QED) is 0.797. The number of halogens is 3. The van der Waals surface area contributed by atoms with E-state index < -0.39 is 23.6 Å². The Bertz CT molecular complexity index is 898. The molecule has 1 atom stereocenters. The zero-order valence-electron chi connectivity index (χ0n) is 15.5. The van der Waals surface area contributed by atoms with Crippen molar-refractivity contribution in [2.45, 2.75) is 19.1 Å². The van der Waals surface area contributed by atoms with Crippen LogP contribution in [0.4, 0.5) is 13.2 Å². The van der Waals surface area contributed by atoms with Crippen LogP contribution in [0.15, 0.2) is 42.5 Å². The molecule has 0 saturated heterocycles. The molecule has 1 aliphatic heterocycles. The normalized spacial score (nSPS) is 14.1. The number of fused-ring (bicyclic) bond motifs is 1. The van der Waals surface area contributed by atoms with Crippen LogP contribution in [0, 0.1) is 0 Å². The molecule has 29 heavy (non-hydrogen) atoms. The monoisotopic (exact) mass is 408 g/mol. The summed E-state index contributed by atoms with van der Waals surface area (Å²) in [4.78, 5) is 24.1. The predicted octanol–water partition coefficient (Wildman–Crippen LogP) is 3.08. The fourth-order valence-corrected chi connectivity index (χ4v) is 2.78. The number of alkyl halides is 3. The lowest BCUT2D eigenvalue weighted by Crippen LogP contribution is -2.38. The highest BCUT2D eigenvalue weighted by molar-refractivity contribution is 5.96. The van der Waals surface area contributed by atoms with E-state index in [9.17, 15) is 22.8 Å². The standard InChI is InChI=1S/C20H19F3N2O4/c1-12(14-4-7-16-17(10-14)29-9-8-28-16)25-18(26)11-24-19(27)13-2-5-15(6-3-13)20(21,22)23/h2-7,10,12H,8-9,11H2,1H3,(H,24,27)(H,25,26)/t12-/m0/s1. The lowest BCUT2D eigenvalue weighted by molar-refractivity contribution is -0.137. The molecule has 0 spiro atoms. The van der Waals surface area contributed by atoms with Crippen molar-refractivity contribution in [1.82, 2.24) is 10.6 Å². The van der Waals surface area contributed by atoms with Crippen molar-refractivity contribution >= 4 is 11.8 Å². The summed E-state index contributed by atoms with van der Waals surface area (Å²) in [5.74, 6) is 0.168. The second-order valence-corrected chi connectivity index (χ2v) is 6.45. The topological polar surface area (TPSA) is 76.7 Å². The number of ether oxygens (including phenoxy) is 2. The number of carbonyl (C=O) groups is 2. The summed E-state index contributed by atoms with van der Waals surface area (Å²) in [5.41, 5.74) is -0.0117. The molecular formula is C20H19F3N2O4. The van der Waals surface area contributed by atoms with Crippen LogP contribution in [0.25, 0.3) is 0 Å². The summed E-state index contributed by atoms with van der Waals surface area (Å²) >= 11 is 0. The van der Waals surface area contributed by atoms with Crippen molar-refractivity contribution in [3.8, 4) is 11.5 Å². The van der Waals surface area contributed by atoms with Crippen LogP contribution in [0.3, 0.4) is 0 Å². The third-order valence-corrected chi connectivity index (χ3v) is 4.33. The van der Waals surface area contributed by atoms with Crippen LogP contribution < -0.4 is 20.1 Å². The number of benzene rings is 2. The van der Waals surface area contributed by atoms with Gasteiger partial charge in [0.1, 0.15) is 13.2 Å². The van der Waals surface area contributed by atoms with Gasteiger partial charge in [0.05, 0.1) is 18.2 Å². The zero-order chi connectivity index (χ0) is 21.0. The van der Waals surface area contributed by atoms with Crippen molar-refractivity contribution in [1.29, 1.82) is 0 Å². The Morgan fingerprint density at radius 2 is 1.69 bits per heavy atom. The molecular weight excluding hydrogens is 389 g/mol. The molecule has 1 aliphatic rings. The molecule has 2 aromatic rings. The average molecular weight is 408 g/mol. The highest BCUT2D eigenvalue weighted by atomic mass is 19.4. The van der Waals surface area contributed by atoms with Crippen LogP contribution in [0.5, 0.6) is 11.5 Å². The third-order valence-electron chi connectivity index (χ3n) is 4.33. The fraction of sp³-hybridized carbons (Fsp3) is 0.300. The molecule has 0 aromatic heterocycles. The SMILES string of the molecule is C[C@H](NC(=O)CNC(=O)c1ccc(C(F)(F)F)cc1)c1ccc2c(c1)OCCO2. The Morgan fingerprint density at radius 1 is 1.03 bits per heavy atom. The summed E-state index contributed by atoms with van der Waals surface area (Å²) in [6.45, 7) is 2.40. The van der Waals surface area contributed by atoms with Gasteiger partial charge < -0.3 is 20.1 Å². The maximum atomic E-state index is 12.6. The molecule has 6 nitrogen and oxygen atoms in total. The minimum Gasteiger partial charge on any atom is -0.486 e. The van der Waals surface area contributed by atoms with Crippen LogP contribution >= 0.6 is 0 Å². The first kappa shape index (κ1) is 20.5. The van der Waals surface area contributed by atoms with Gasteiger partial charge in [-0.1, -0.05) is 6.07 Å². The number of hydrogen-bond donors (Lipinski definition) is 2. The molecule has 9 heteroatoms. The second kappa shape index (κ2) is 8.42. The van der Waals surface area contributed by atoms with E-state index in [1.807, 2.05) is 0 Å². The first-order valence-electron chi connectivity index (χ1n) is 8.88. The van der Waals surface area contributed by atoms with E-state index in [4.69, 9.17) is 9.47 Å². The molecule has 0 bridgehead atoms. The van der Waals surface area contributed by atoms with Gasteiger partial charge in [0, 0.05) is 5.56 Å². The van der Waals surface area contributed by atoms with Crippen LogP contribution in [0.1, 0.15) is 34.5 Å². The number of amides is 2. The average Bonchev–Trinajstić information content (AvgIpc) is 2.71. The second-order valence-electron chi connectivity index (χ2n) is 6.45. The first-order valence-corrected chi connectivity index (χ1v) is 8.88. The minimum atomic E-state index is -4.47. The maximum absolute atomic E-state index is 12.6. The van der Waals surface area contributed by atoms with E-state index in [0.717, 1.165) is 29.8 Å². The van der Waals surface area contributed by atoms with Crippen molar-refractivity contribution in [3.05, 3.63) is 59.2 Å². The molecule has 2 aromatic carbocycles. The molecule has 154 valence electrons. The lowest BCUT2D eigenvalue weighted by atomic mass is 10.1. The Balaban J connectivity index is 1.52.